The molecule has 0 N–H and O–H groups in total. The van der Waals surface area contributed by atoms with Crippen LogP contribution in [-0.2, 0) is 19.6 Å². The lowest BCUT2D eigenvalue weighted by molar-refractivity contribution is -0.140. The Morgan fingerprint density at radius 2 is 1.62 bits per heavy atom. The van der Waals surface area contributed by atoms with Gasteiger partial charge >= 0.3 is 0 Å². The Morgan fingerprint density at radius 1 is 1.00 bits per heavy atom. The summed E-state index contributed by atoms with van der Waals surface area (Å²) in [6.07, 6.45) is 0.585. The molecule has 1 aromatic carbocycles. The second kappa shape index (κ2) is 7.53. The molecular formula is C16H19F3N2O4S. The fourth-order valence-electron chi connectivity index (χ4n) is 3.23. The first-order valence-electron chi connectivity index (χ1n) is 8.32. The van der Waals surface area contributed by atoms with E-state index in [9.17, 15) is 26.4 Å². The van der Waals surface area contributed by atoms with Gasteiger partial charge in [-0.25, -0.2) is 21.6 Å². The van der Waals surface area contributed by atoms with E-state index in [4.69, 9.17) is 4.74 Å². The Bertz CT molecular complexity index is 789. The number of piperidine rings is 1. The Hall–Kier alpha value is -1.65. The molecule has 6 nitrogen and oxygen atoms in total. The van der Waals surface area contributed by atoms with E-state index in [0.717, 1.165) is 4.31 Å². The van der Waals surface area contributed by atoms with Gasteiger partial charge in [-0.2, -0.15) is 4.31 Å². The number of sulfonamides is 1. The van der Waals surface area contributed by atoms with Crippen molar-refractivity contribution in [1.29, 1.82) is 0 Å². The van der Waals surface area contributed by atoms with Gasteiger partial charge in [0.2, 0.25) is 15.9 Å². The minimum atomic E-state index is -4.30. The van der Waals surface area contributed by atoms with Gasteiger partial charge < -0.3 is 9.64 Å². The summed E-state index contributed by atoms with van der Waals surface area (Å²) in [5.74, 6) is -5.34. The van der Waals surface area contributed by atoms with Crippen molar-refractivity contribution in [2.75, 3.05) is 39.4 Å². The van der Waals surface area contributed by atoms with E-state index in [-0.39, 0.29) is 24.9 Å². The summed E-state index contributed by atoms with van der Waals surface area (Å²) in [4.78, 5) is 13.3. The van der Waals surface area contributed by atoms with Crippen molar-refractivity contribution in [3.8, 4) is 0 Å². The third-order valence-corrected chi connectivity index (χ3v) is 6.66. The maximum absolute atomic E-state index is 13.9. The molecule has 2 saturated heterocycles. The fourth-order valence-corrected chi connectivity index (χ4v) is 4.76. The van der Waals surface area contributed by atoms with Gasteiger partial charge in [-0.3, -0.25) is 4.79 Å². The monoisotopic (exact) mass is 392 g/mol. The van der Waals surface area contributed by atoms with Crippen molar-refractivity contribution in [3.63, 3.8) is 0 Å². The first-order chi connectivity index (χ1) is 12.3. The van der Waals surface area contributed by atoms with Crippen LogP contribution in [0.2, 0.25) is 0 Å². The quantitative estimate of drug-likeness (QED) is 0.729. The number of hydrogen-bond acceptors (Lipinski definition) is 4. The molecule has 0 atom stereocenters. The van der Waals surface area contributed by atoms with Gasteiger partial charge in [0.15, 0.2) is 17.5 Å². The molecule has 0 unspecified atom stereocenters. The minimum absolute atomic E-state index is 0.0154. The van der Waals surface area contributed by atoms with Gasteiger partial charge in [0, 0.05) is 32.1 Å². The van der Waals surface area contributed by atoms with Crippen LogP contribution in [0, 0.1) is 23.4 Å². The van der Waals surface area contributed by atoms with Crippen LogP contribution in [0.4, 0.5) is 13.2 Å². The van der Waals surface area contributed by atoms with Crippen molar-refractivity contribution in [2.45, 2.75) is 17.7 Å². The Labute approximate surface area is 149 Å². The zero-order chi connectivity index (χ0) is 18.9. The highest BCUT2D eigenvalue weighted by molar-refractivity contribution is 7.89. The summed E-state index contributed by atoms with van der Waals surface area (Å²) < 4.78 is 71.5. The van der Waals surface area contributed by atoms with Crippen LogP contribution in [0.1, 0.15) is 12.8 Å². The van der Waals surface area contributed by atoms with Gasteiger partial charge in [0.1, 0.15) is 4.90 Å². The molecule has 3 rings (SSSR count). The van der Waals surface area contributed by atoms with Crippen molar-refractivity contribution in [2.24, 2.45) is 5.92 Å². The summed E-state index contributed by atoms with van der Waals surface area (Å²) >= 11 is 0. The highest BCUT2D eigenvalue weighted by Crippen LogP contribution is 2.28. The predicted molar refractivity (Wildman–Crippen MR) is 85.2 cm³/mol. The van der Waals surface area contributed by atoms with Gasteiger partial charge in [-0.1, -0.05) is 0 Å². The molecule has 0 radical (unpaired) electrons. The number of nitrogens with zero attached hydrogens (tertiary/aromatic N) is 2. The smallest absolute Gasteiger partial charge is 0.246 e. The first kappa shape index (κ1) is 19.1. The molecule has 2 heterocycles. The van der Waals surface area contributed by atoms with Crippen LogP contribution in [0.25, 0.3) is 0 Å². The molecule has 0 aromatic heterocycles. The van der Waals surface area contributed by atoms with Crippen molar-refractivity contribution >= 4 is 15.9 Å². The van der Waals surface area contributed by atoms with Crippen LogP contribution in [0.3, 0.4) is 0 Å². The fraction of sp³-hybridized carbons (Fsp3) is 0.562. The average Bonchev–Trinajstić information content (AvgIpc) is 2.66. The van der Waals surface area contributed by atoms with E-state index in [1.54, 1.807) is 4.90 Å². The molecular weight excluding hydrogens is 373 g/mol. The Kier molecular flexibility index (Phi) is 5.54. The number of ether oxygens (including phenoxy) is 1. The minimum Gasteiger partial charge on any atom is -0.378 e. The molecule has 144 valence electrons. The highest BCUT2D eigenvalue weighted by atomic mass is 32.2. The number of benzene rings is 1. The van der Waals surface area contributed by atoms with Crippen molar-refractivity contribution in [3.05, 3.63) is 29.6 Å². The number of morpholine rings is 1. The zero-order valence-electron chi connectivity index (χ0n) is 14.0. The summed E-state index contributed by atoms with van der Waals surface area (Å²) in [6, 6.07) is 1.30. The molecule has 0 aliphatic carbocycles. The number of carbonyl (C=O) groups is 1. The summed E-state index contributed by atoms with van der Waals surface area (Å²) in [5.41, 5.74) is 0. The SMILES string of the molecule is O=C(C1CCN(S(=O)(=O)c2ccc(F)c(F)c2F)CC1)N1CCOCC1. The maximum Gasteiger partial charge on any atom is 0.246 e. The number of hydrogen-bond donors (Lipinski definition) is 0. The van der Waals surface area contributed by atoms with Crippen LogP contribution < -0.4 is 0 Å². The molecule has 1 aromatic rings. The molecule has 1 amide bonds. The largest absolute Gasteiger partial charge is 0.378 e. The Balaban J connectivity index is 1.69. The molecule has 0 saturated carbocycles. The maximum atomic E-state index is 13.9. The summed E-state index contributed by atoms with van der Waals surface area (Å²) in [6.45, 7) is 2.01. The average molecular weight is 392 g/mol. The lowest BCUT2D eigenvalue weighted by atomic mass is 9.96. The van der Waals surface area contributed by atoms with E-state index in [0.29, 0.717) is 51.3 Å². The molecule has 2 aliphatic rings. The molecule has 2 aliphatic heterocycles. The van der Waals surface area contributed by atoms with Crippen molar-refractivity contribution < 1.29 is 31.1 Å². The standard InChI is InChI=1S/C16H19F3N2O4S/c17-12-1-2-13(15(19)14(12)18)26(23,24)21-5-3-11(4-6-21)16(22)20-7-9-25-10-8-20/h1-2,11H,3-10H2. The normalized spacial score (nSPS) is 20.3. The molecule has 0 bridgehead atoms. The third-order valence-electron chi connectivity index (χ3n) is 4.74. The van der Waals surface area contributed by atoms with E-state index in [2.05, 4.69) is 0 Å². The van der Waals surface area contributed by atoms with Crippen LogP contribution >= 0.6 is 0 Å². The summed E-state index contributed by atoms with van der Waals surface area (Å²) in [7, 11) is -4.30. The third kappa shape index (κ3) is 3.58. The molecule has 0 spiro atoms. The van der Waals surface area contributed by atoms with E-state index >= 15 is 0 Å². The highest BCUT2D eigenvalue weighted by Gasteiger charge is 2.36. The number of rotatable bonds is 3. The Morgan fingerprint density at radius 3 is 2.23 bits per heavy atom. The van der Waals surface area contributed by atoms with Gasteiger partial charge in [0.05, 0.1) is 13.2 Å². The molecule has 10 heteroatoms. The number of amides is 1. The molecule has 2 fully saturated rings. The van der Waals surface area contributed by atoms with Crippen LogP contribution in [-0.4, -0.2) is 62.9 Å². The molecule has 26 heavy (non-hydrogen) atoms. The predicted octanol–water partition coefficient (Wildman–Crippen LogP) is 1.36. The van der Waals surface area contributed by atoms with Crippen LogP contribution in [0.15, 0.2) is 17.0 Å². The van der Waals surface area contributed by atoms with Gasteiger partial charge in [-0.05, 0) is 25.0 Å². The first-order valence-corrected chi connectivity index (χ1v) is 9.76. The van der Waals surface area contributed by atoms with Gasteiger partial charge in [-0.15, -0.1) is 0 Å². The summed E-state index contributed by atoms with van der Waals surface area (Å²) in [5, 5.41) is 0. The lowest BCUT2D eigenvalue weighted by Gasteiger charge is -2.35. The van der Waals surface area contributed by atoms with Crippen LogP contribution in [0.5, 0.6) is 0 Å². The number of halogens is 3. The van der Waals surface area contributed by atoms with E-state index in [1.165, 1.54) is 0 Å². The second-order valence-corrected chi connectivity index (χ2v) is 8.20. The van der Waals surface area contributed by atoms with E-state index < -0.39 is 32.4 Å². The lowest BCUT2D eigenvalue weighted by Crippen LogP contribution is -2.47. The van der Waals surface area contributed by atoms with Crippen molar-refractivity contribution in [1.82, 2.24) is 9.21 Å². The number of carbonyl (C=O) groups excluding carboxylic acids is 1. The van der Waals surface area contributed by atoms with E-state index in [1.807, 2.05) is 0 Å². The topological polar surface area (TPSA) is 66.9 Å². The van der Waals surface area contributed by atoms with Gasteiger partial charge in [0.25, 0.3) is 0 Å². The second-order valence-electron chi connectivity index (χ2n) is 6.29. The zero-order valence-corrected chi connectivity index (χ0v) is 14.8.